The van der Waals surface area contributed by atoms with Crippen molar-refractivity contribution >= 4 is 29.5 Å². The SMILES string of the molecule is CCC1(c2ccc(NC(=O)/C=C/c3ccccc3OC)cc2)CCC(=O)NC1=O. The Bertz CT molecular complexity index is 950. The van der Waals surface area contributed by atoms with E-state index in [1.165, 1.54) is 6.08 Å². The molecule has 2 aromatic rings. The van der Waals surface area contributed by atoms with Crippen molar-refractivity contribution in [2.24, 2.45) is 0 Å². The Morgan fingerprint density at radius 2 is 1.90 bits per heavy atom. The van der Waals surface area contributed by atoms with Crippen LogP contribution in [0.3, 0.4) is 0 Å². The van der Waals surface area contributed by atoms with Crippen molar-refractivity contribution in [1.29, 1.82) is 0 Å². The third-order valence-electron chi connectivity index (χ3n) is 5.33. The Labute approximate surface area is 170 Å². The van der Waals surface area contributed by atoms with Crippen molar-refractivity contribution in [3.63, 3.8) is 0 Å². The summed E-state index contributed by atoms with van der Waals surface area (Å²) in [5.74, 6) is -0.0672. The van der Waals surface area contributed by atoms with Crippen LogP contribution in [0.5, 0.6) is 5.75 Å². The Morgan fingerprint density at radius 3 is 2.55 bits per heavy atom. The topological polar surface area (TPSA) is 84.5 Å². The maximum atomic E-state index is 12.5. The van der Waals surface area contributed by atoms with Gasteiger partial charge in [0, 0.05) is 23.7 Å². The molecular weight excluding hydrogens is 368 g/mol. The quantitative estimate of drug-likeness (QED) is 0.583. The average Bonchev–Trinajstić information content (AvgIpc) is 2.74. The van der Waals surface area contributed by atoms with Crippen LogP contribution in [0.25, 0.3) is 6.08 Å². The standard InChI is InChI=1S/C23H24N2O4/c1-3-23(15-14-21(27)25-22(23)28)17-9-11-18(12-10-17)24-20(26)13-8-16-6-4-5-7-19(16)29-2/h4-13H,3,14-15H2,1-2H3,(H,24,26)(H,25,27,28)/b13-8+. The molecule has 150 valence electrons. The molecule has 0 saturated carbocycles. The van der Waals surface area contributed by atoms with E-state index in [9.17, 15) is 14.4 Å². The van der Waals surface area contributed by atoms with Crippen LogP contribution < -0.4 is 15.4 Å². The van der Waals surface area contributed by atoms with Crippen LogP contribution in [-0.4, -0.2) is 24.8 Å². The minimum atomic E-state index is -0.708. The highest BCUT2D eigenvalue weighted by Crippen LogP contribution is 2.36. The number of amides is 3. The van der Waals surface area contributed by atoms with Crippen LogP contribution in [0.4, 0.5) is 5.69 Å². The van der Waals surface area contributed by atoms with Gasteiger partial charge in [-0.15, -0.1) is 0 Å². The fraction of sp³-hybridized carbons (Fsp3) is 0.261. The first-order valence-electron chi connectivity index (χ1n) is 9.55. The fourth-order valence-corrected chi connectivity index (χ4v) is 3.59. The first-order chi connectivity index (χ1) is 14.0. The van der Waals surface area contributed by atoms with Gasteiger partial charge in [-0.1, -0.05) is 37.3 Å². The van der Waals surface area contributed by atoms with E-state index in [0.717, 1.165) is 11.1 Å². The van der Waals surface area contributed by atoms with Crippen molar-refractivity contribution < 1.29 is 19.1 Å². The molecule has 1 saturated heterocycles. The predicted octanol–water partition coefficient (Wildman–Crippen LogP) is 3.43. The van der Waals surface area contributed by atoms with Gasteiger partial charge in [0.25, 0.3) is 0 Å². The monoisotopic (exact) mass is 392 g/mol. The van der Waals surface area contributed by atoms with E-state index < -0.39 is 5.41 Å². The zero-order chi connectivity index (χ0) is 20.9. The number of hydrogen-bond acceptors (Lipinski definition) is 4. The molecule has 2 aromatic carbocycles. The summed E-state index contributed by atoms with van der Waals surface area (Å²) < 4.78 is 5.27. The number of piperidine rings is 1. The molecule has 3 amide bonds. The second-order valence-corrected chi connectivity index (χ2v) is 6.95. The first kappa shape index (κ1) is 20.3. The van der Waals surface area contributed by atoms with Crippen LogP contribution in [-0.2, 0) is 19.8 Å². The van der Waals surface area contributed by atoms with E-state index in [1.807, 2.05) is 43.3 Å². The number of carbonyl (C=O) groups is 3. The molecule has 2 N–H and O–H groups in total. The molecule has 0 radical (unpaired) electrons. The minimum Gasteiger partial charge on any atom is -0.496 e. The van der Waals surface area contributed by atoms with Crippen molar-refractivity contribution in [3.8, 4) is 5.75 Å². The Kier molecular flexibility index (Phi) is 6.12. The van der Waals surface area contributed by atoms with Gasteiger partial charge in [0.15, 0.2) is 0 Å². The van der Waals surface area contributed by atoms with Crippen molar-refractivity contribution in [3.05, 3.63) is 65.7 Å². The third kappa shape index (κ3) is 4.37. The highest BCUT2D eigenvalue weighted by atomic mass is 16.5. The molecular formula is C23H24N2O4. The first-order valence-corrected chi connectivity index (χ1v) is 9.55. The number of hydrogen-bond donors (Lipinski definition) is 2. The molecule has 1 fully saturated rings. The Balaban J connectivity index is 1.70. The number of anilines is 1. The van der Waals surface area contributed by atoms with Gasteiger partial charge >= 0.3 is 0 Å². The summed E-state index contributed by atoms with van der Waals surface area (Å²) in [6.07, 6.45) is 4.55. The molecule has 6 nitrogen and oxygen atoms in total. The molecule has 3 rings (SSSR count). The van der Waals surface area contributed by atoms with Crippen LogP contribution in [0.15, 0.2) is 54.6 Å². The Hall–Kier alpha value is -3.41. The summed E-state index contributed by atoms with van der Waals surface area (Å²) in [6, 6.07) is 14.6. The second kappa shape index (κ2) is 8.73. The summed E-state index contributed by atoms with van der Waals surface area (Å²) in [5.41, 5.74) is 1.57. The van der Waals surface area contributed by atoms with Gasteiger partial charge in [-0.25, -0.2) is 0 Å². The van der Waals surface area contributed by atoms with Crippen molar-refractivity contribution in [2.75, 3.05) is 12.4 Å². The highest BCUT2D eigenvalue weighted by molar-refractivity contribution is 6.04. The normalized spacial score (nSPS) is 19.1. The maximum absolute atomic E-state index is 12.5. The molecule has 1 aliphatic rings. The number of rotatable bonds is 6. The highest BCUT2D eigenvalue weighted by Gasteiger charge is 2.42. The van der Waals surface area contributed by atoms with Crippen molar-refractivity contribution in [2.45, 2.75) is 31.6 Å². The summed E-state index contributed by atoms with van der Waals surface area (Å²) in [6.45, 7) is 1.94. The lowest BCUT2D eigenvalue weighted by Gasteiger charge is -2.35. The smallest absolute Gasteiger partial charge is 0.248 e. The molecule has 0 spiro atoms. The maximum Gasteiger partial charge on any atom is 0.248 e. The second-order valence-electron chi connectivity index (χ2n) is 6.95. The van der Waals surface area contributed by atoms with Gasteiger partial charge in [0.2, 0.25) is 17.7 Å². The van der Waals surface area contributed by atoms with E-state index in [2.05, 4.69) is 10.6 Å². The zero-order valence-electron chi connectivity index (χ0n) is 16.5. The molecule has 1 aliphatic heterocycles. The number of nitrogens with one attached hydrogen (secondary N) is 2. The summed E-state index contributed by atoms with van der Waals surface area (Å²) in [7, 11) is 1.58. The summed E-state index contributed by atoms with van der Waals surface area (Å²) >= 11 is 0. The van der Waals surface area contributed by atoms with E-state index >= 15 is 0 Å². The number of carbonyl (C=O) groups excluding carboxylic acids is 3. The molecule has 0 aromatic heterocycles. The van der Waals surface area contributed by atoms with Crippen LogP contribution in [0.2, 0.25) is 0 Å². The molecule has 1 unspecified atom stereocenters. The number of benzene rings is 2. The number of ether oxygens (including phenoxy) is 1. The summed E-state index contributed by atoms with van der Waals surface area (Å²) in [5, 5.41) is 5.25. The van der Waals surface area contributed by atoms with E-state index in [1.54, 1.807) is 25.3 Å². The molecule has 29 heavy (non-hydrogen) atoms. The largest absolute Gasteiger partial charge is 0.496 e. The molecule has 1 atom stereocenters. The molecule has 0 aliphatic carbocycles. The zero-order valence-corrected chi connectivity index (χ0v) is 16.5. The van der Waals surface area contributed by atoms with Crippen LogP contribution in [0.1, 0.15) is 37.3 Å². The predicted molar refractivity (Wildman–Crippen MR) is 111 cm³/mol. The van der Waals surface area contributed by atoms with Gasteiger partial charge < -0.3 is 10.1 Å². The van der Waals surface area contributed by atoms with Gasteiger partial charge in [-0.3, -0.25) is 19.7 Å². The number of imide groups is 1. The van der Waals surface area contributed by atoms with Crippen LogP contribution >= 0.6 is 0 Å². The van der Waals surface area contributed by atoms with Gasteiger partial charge in [-0.2, -0.15) is 0 Å². The minimum absolute atomic E-state index is 0.232. The van der Waals surface area contributed by atoms with Crippen LogP contribution in [0, 0.1) is 0 Å². The van der Waals surface area contributed by atoms with Gasteiger partial charge in [0.05, 0.1) is 12.5 Å². The Morgan fingerprint density at radius 1 is 1.17 bits per heavy atom. The molecule has 1 heterocycles. The van der Waals surface area contributed by atoms with E-state index in [-0.39, 0.29) is 17.7 Å². The lowest BCUT2D eigenvalue weighted by atomic mass is 9.72. The fourth-order valence-electron chi connectivity index (χ4n) is 3.59. The molecule has 0 bridgehead atoms. The third-order valence-corrected chi connectivity index (χ3v) is 5.33. The van der Waals surface area contributed by atoms with Crippen molar-refractivity contribution in [1.82, 2.24) is 5.32 Å². The van der Waals surface area contributed by atoms with E-state index in [0.29, 0.717) is 30.7 Å². The molecule has 6 heteroatoms. The number of para-hydroxylation sites is 1. The van der Waals surface area contributed by atoms with E-state index in [4.69, 9.17) is 4.74 Å². The van der Waals surface area contributed by atoms with Gasteiger partial charge in [-0.05, 0) is 42.7 Å². The lowest BCUT2D eigenvalue weighted by molar-refractivity contribution is -0.138. The lowest BCUT2D eigenvalue weighted by Crippen LogP contribution is -2.51. The average molecular weight is 392 g/mol. The number of methoxy groups -OCH3 is 1. The summed E-state index contributed by atoms with van der Waals surface area (Å²) in [4.78, 5) is 36.2. The van der Waals surface area contributed by atoms with Gasteiger partial charge in [0.1, 0.15) is 5.75 Å².